The molecule has 9 heteroatoms. The van der Waals surface area contributed by atoms with Crippen LogP contribution in [0.25, 0.3) is 0 Å². The van der Waals surface area contributed by atoms with Crippen molar-refractivity contribution in [2.45, 2.75) is 57.3 Å². The predicted molar refractivity (Wildman–Crippen MR) is 128 cm³/mol. The fourth-order valence-electron chi connectivity index (χ4n) is 4.47. The van der Waals surface area contributed by atoms with Gasteiger partial charge in [0.2, 0.25) is 10.0 Å². The van der Waals surface area contributed by atoms with Gasteiger partial charge in [-0.05, 0) is 74.8 Å². The first-order valence-corrected chi connectivity index (χ1v) is 13.8. The molecule has 0 saturated carbocycles. The number of amides is 1. The molecule has 1 aliphatic heterocycles. The zero-order valence-electron chi connectivity index (χ0n) is 19.1. The lowest BCUT2D eigenvalue weighted by Gasteiger charge is -2.25. The van der Waals surface area contributed by atoms with Crippen LogP contribution in [0.15, 0.2) is 29.2 Å². The number of nitrogens with one attached hydrogen (secondary N) is 1. The summed E-state index contributed by atoms with van der Waals surface area (Å²) in [6.45, 7) is 5.27. The van der Waals surface area contributed by atoms with E-state index in [1.165, 1.54) is 39.9 Å². The second kappa shape index (κ2) is 9.95. The first-order chi connectivity index (χ1) is 15.8. The molecule has 1 amide bonds. The monoisotopic (exact) mass is 490 g/mol. The summed E-state index contributed by atoms with van der Waals surface area (Å²) in [4.78, 5) is 26.9. The summed E-state index contributed by atoms with van der Waals surface area (Å²) in [5, 5.41) is 3.38. The van der Waals surface area contributed by atoms with Gasteiger partial charge in [-0.25, -0.2) is 13.2 Å². The number of benzene rings is 1. The summed E-state index contributed by atoms with van der Waals surface area (Å²) in [6.07, 6.45) is 5.45. The predicted octanol–water partition coefficient (Wildman–Crippen LogP) is 4.48. The first kappa shape index (κ1) is 23.9. The van der Waals surface area contributed by atoms with Gasteiger partial charge in [0.25, 0.3) is 5.91 Å². The number of thiophene rings is 1. The number of esters is 1. The molecule has 2 aliphatic rings. The van der Waals surface area contributed by atoms with Crippen LogP contribution in [-0.4, -0.2) is 44.3 Å². The number of hydrogen-bond acceptors (Lipinski definition) is 6. The molecule has 1 aliphatic carbocycles. The summed E-state index contributed by atoms with van der Waals surface area (Å²) in [5.74, 6) is -0.263. The Bertz CT molecular complexity index is 1130. The lowest BCUT2D eigenvalue weighted by atomic mass is 9.88. The van der Waals surface area contributed by atoms with Gasteiger partial charge in [-0.2, -0.15) is 4.31 Å². The van der Waals surface area contributed by atoms with Gasteiger partial charge in [-0.15, -0.1) is 11.3 Å². The van der Waals surface area contributed by atoms with Crippen LogP contribution in [-0.2, 0) is 27.6 Å². The van der Waals surface area contributed by atoms with E-state index in [1.807, 2.05) is 0 Å². The van der Waals surface area contributed by atoms with Gasteiger partial charge in [0.05, 0.1) is 17.1 Å². The van der Waals surface area contributed by atoms with E-state index < -0.39 is 16.0 Å². The summed E-state index contributed by atoms with van der Waals surface area (Å²) in [6, 6.07) is 6.00. The Morgan fingerprint density at radius 3 is 2.52 bits per heavy atom. The fourth-order valence-corrected chi connectivity index (χ4v) is 7.38. The number of anilines is 1. The molecule has 2 heterocycles. The third-order valence-electron chi connectivity index (χ3n) is 6.29. The number of carbonyl (C=O) groups excluding carboxylic acids is 2. The SMILES string of the molecule is CCOC(=O)c1c(NC(=O)c2ccc(S(=O)(=O)N3CCCCC3)cc2)sc2c1CCC(C)C2. The third-order valence-corrected chi connectivity index (χ3v) is 9.37. The average molecular weight is 491 g/mol. The maximum atomic E-state index is 13.0. The third kappa shape index (κ3) is 5.00. The van der Waals surface area contributed by atoms with Gasteiger partial charge in [-0.1, -0.05) is 13.3 Å². The van der Waals surface area contributed by atoms with Crippen LogP contribution in [0.4, 0.5) is 5.00 Å². The topological polar surface area (TPSA) is 92.8 Å². The normalized spacial score (nSPS) is 19.0. The molecule has 1 atom stereocenters. The van der Waals surface area contributed by atoms with E-state index in [-0.39, 0.29) is 17.4 Å². The molecule has 7 nitrogen and oxygen atoms in total. The number of sulfonamides is 1. The minimum Gasteiger partial charge on any atom is -0.462 e. The molecule has 33 heavy (non-hydrogen) atoms. The fraction of sp³-hybridized carbons (Fsp3) is 0.500. The van der Waals surface area contributed by atoms with Gasteiger partial charge < -0.3 is 10.1 Å². The maximum Gasteiger partial charge on any atom is 0.341 e. The maximum absolute atomic E-state index is 13.0. The lowest BCUT2D eigenvalue weighted by molar-refractivity contribution is 0.0526. The number of fused-ring (bicyclic) bond motifs is 1. The zero-order valence-corrected chi connectivity index (χ0v) is 20.7. The van der Waals surface area contributed by atoms with E-state index in [4.69, 9.17) is 4.74 Å². The second-order valence-corrected chi connectivity index (χ2v) is 11.8. The largest absolute Gasteiger partial charge is 0.462 e. The van der Waals surface area contributed by atoms with Crippen molar-refractivity contribution in [1.29, 1.82) is 0 Å². The lowest BCUT2D eigenvalue weighted by Crippen LogP contribution is -2.35. The van der Waals surface area contributed by atoms with Crippen molar-refractivity contribution >= 4 is 38.2 Å². The molecule has 1 aromatic carbocycles. The highest BCUT2D eigenvalue weighted by atomic mass is 32.2. The van der Waals surface area contributed by atoms with E-state index >= 15 is 0 Å². The highest BCUT2D eigenvalue weighted by molar-refractivity contribution is 7.89. The quantitative estimate of drug-likeness (QED) is 0.603. The highest BCUT2D eigenvalue weighted by Gasteiger charge is 2.30. The van der Waals surface area contributed by atoms with Crippen molar-refractivity contribution in [2.75, 3.05) is 25.0 Å². The minimum absolute atomic E-state index is 0.189. The van der Waals surface area contributed by atoms with Crippen molar-refractivity contribution < 1.29 is 22.7 Å². The summed E-state index contributed by atoms with van der Waals surface area (Å²) in [5.41, 5.74) is 1.78. The van der Waals surface area contributed by atoms with Crippen molar-refractivity contribution in [2.24, 2.45) is 5.92 Å². The molecule has 0 radical (unpaired) electrons. The smallest absolute Gasteiger partial charge is 0.341 e. The summed E-state index contributed by atoms with van der Waals surface area (Å²) in [7, 11) is -3.55. The zero-order chi connectivity index (χ0) is 23.6. The van der Waals surface area contributed by atoms with Gasteiger partial charge in [0.15, 0.2) is 0 Å². The van der Waals surface area contributed by atoms with E-state index in [2.05, 4.69) is 12.2 Å². The van der Waals surface area contributed by atoms with Gasteiger partial charge in [-0.3, -0.25) is 4.79 Å². The van der Waals surface area contributed by atoms with Crippen LogP contribution in [0.2, 0.25) is 0 Å². The van der Waals surface area contributed by atoms with E-state index in [0.29, 0.717) is 35.1 Å². The van der Waals surface area contributed by atoms with Crippen LogP contribution in [0.5, 0.6) is 0 Å². The molecule has 0 bridgehead atoms. The molecule has 1 aromatic heterocycles. The standard InChI is InChI=1S/C24H30N2O5S2/c1-3-31-24(28)21-19-12-7-16(2)15-20(19)32-23(21)25-22(27)17-8-10-18(11-9-17)33(29,30)26-13-5-4-6-14-26/h8-11,16H,3-7,12-15H2,1-2H3,(H,25,27). The molecule has 1 unspecified atom stereocenters. The van der Waals surface area contributed by atoms with E-state index in [9.17, 15) is 18.0 Å². The number of hydrogen-bond donors (Lipinski definition) is 1. The van der Waals surface area contributed by atoms with Gasteiger partial charge >= 0.3 is 5.97 Å². The number of carbonyl (C=O) groups is 2. The van der Waals surface area contributed by atoms with Crippen LogP contribution < -0.4 is 5.32 Å². The number of rotatable bonds is 6. The average Bonchev–Trinajstić information content (AvgIpc) is 3.16. The van der Waals surface area contributed by atoms with Crippen molar-refractivity contribution in [1.82, 2.24) is 4.31 Å². The molecule has 0 spiro atoms. The number of piperidine rings is 1. The van der Waals surface area contributed by atoms with E-state index in [1.54, 1.807) is 6.92 Å². The van der Waals surface area contributed by atoms with E-state index in [0.717, 1.165) is 49.0 Å². The molecule has 1 fully saturated rings. The Morgan fingerprint density at radius 1 is 1.15 bits per heavy atom. The van der Waals surface area contributed by atoms with Crippen molar-refractivity contribution in [3.8, 4) is 0 Å². The van der Waals surface area contributed by atoms with Crippen molar-refractivity contribution in [3.05, 3.63) is 45.8 Å². The highest BCUT2D eigenvalue weighted by Crippen LogP contribution is 2.40. The summed E-state index contributed by atoms with van der Waals surface area (Å²) < 4.78 is 32.5. The molecule has 1 saturated heterocycles. The molecule has 178 valence electrons. The van der Waals surface area contributed by atoms with Crippen LogP contribution in [0.1, 0.15) is 70.7 Å². The molecule has 4 rings (SSSR count). The molecular formula is C24H30N2O5S2. The molecule has 2 aromatic rings. The Kier molecular flexibility index (Phi) is 7.21. The molecular weight excluding hydrogens is 460 g/mol. The minimum atomic E-state index is -3.55. The van der Waals surface area contributed by atoms with Crippen LogP contribution in [0.3, 0.4) is 0 Å². The second-order valence-electron chi connectivity index (χ2n) is 8.72. The van der Waals surface area contributed by atoms with Crippen molar-refractivity contribution in [3.63, 3.8) is 0 Å². The Labute approximate surface area is 199 Å². The Morgan fingerprint density at radius 2 is 1.85 bits per heavy atom. The van der Waals surface area contributed by atoms with Crippen LogP contribution in [0, 0.1) is 5.92 Å². The van der Waals surface area contributed by atoms with Crippen LogP contribution >= 0.6 is 11.3 Å². The Balaban J connectivity index is 1.55. The molecule has 1 N–H and O–H groups in total. The summed E-state index contributed by atoms with van der Waals surface area (Å²) >= 11 is 1.43. The van der Waals surface area contributed by atoms with Gasteiger partial charge in [0.1, 0.15) is 5.00 Å². The first-order valence-electron chi connectivity index (χ1n) is 11.5. The Hall–Kier alpha value is -2.23. The number of ether oxygens (including phenoxy) is 1. The van der Waals surface area contributed by atoms with Gasteiger partial charge in [0, 0.05) is 23.5 Å². The number of nitrogens with zero attached hydrogens (tertiary/aromatic N) is 1.